The quantitative estimate of drug-likeness (QED) is 0.685. The highest BCUT2D eigenvalue weighted by atomic mass is 32.1. The predicted octanol–water partition coefficient (Wildman–Crippen LogP) is 4.50. The summed E-state index contributed by atoms with van der Waals surface area (Å²) >= 11 is 1.58. The molecule has 0 unspecified atom stereocenters. The SMILES string of the molecule is CCNc1nc(-c2ccc(NC(=O)c3ccccc3OC)cc2)cs1. The molecule has 0 spiro atoms. The first kappa shape index (κ1) is 17.0. The Morgan fingerprint density at radius 1 is 1.16 bits per heavy atom. The molecule has 1 heterocycles. The van der Waals surface area contributed by atoms with E-state index >= 15 is 0 Å². The van der Waals surface area contributed by atoms with Crippen molar-refractivity contribution in [1.29, 1.82) is 0 Å². The predicted molar refractivity (Wildman–Crippen MR) is 103 cm³/mol. The molecule has 0 fully saturated rings. The Hall–Kier alpha value is -2.86. The molecule has 3 rings (SSSR count). The second-order valence-electron chi connectivity index (χ2n) is 5.30. The van der Waals surface area contributed by atoms with Crippen molar-refractivity contribution in [2.75, 3.05) is 24.3 Å². The van der Waals surface area contributed by atoms with Crippen molar-refractivity contribution in [3.63, 3.8) is 0 Å². The van der Waals surface area contributed by atoms with Crippen molar-refractivity contribution in [3.05, 3.63) is 59.5 Å². The number of thiazole rings is 1. The summed E-state index contributed by atoms with van der Waals surface area (Å²) in [5.41, 5.74) is 3.16. The molecule has 0 saturated heterocycles. The molecule has 2 aromatic carbocycles. The van der Waals surface area contributed by atoms with Gasteiger partial charge in [0.2, 0.25) is 0 Å². The molecule has 0 bridgehead atoms. The summed E-state index contributed by atoms with van der Waals surface area (Å²) in [6, 6.07) is 14.8. The first-order valence-corrected chi connectivity index (χ1v) is 8.83. The fourth-order valence-electron chi connectivity index (χ4n) is 2.39. The molecule has 1 amide bonds. The van der Waals surface area contributed by atoms with Crippen LogP contribution in [0.2, 0.25) is 0 Å². The number of methoxy groups -OCH3 is 1. The van der Waals surface area contributed by atoms with Gasteiger partial charge in [-0.05, 0) is 31.2 Å². The number of carbonyl (C=O) groups excluding carboxylic acids is 1. The monoisotopic (exact) mass is 353 g/mol. The molecule has 3 aromatic rings. The second-order valence-corrected chi connectivity index (χ2v) is 6.16. The maximum Gasteiger partial charge on any atom is 0.259 e. The largest absolute Gasteiger partial charge is 0.496 e. The zero-order valence-corrected chi connectivity index (χ0v) is 14.9. The Bertz CT molecular complexity index is 859. The fourth-order valence-corrected chi connectivity index (χ4v) is 3.18. The maximum atomic E-state index is 12.4. The summed E-state index contributed by atoms with van der Waals surface area (Å²) in [6.07, 6.45) is 0. The van der Waals surface area contributed by atoms with E-state index < -0.39 is 0 Å². The molecule has 0 atom stereocenters. The molecule has 128 valence electrons. The lowest BCUT2D eigenvalue weighted by atomic mass is 10.1. The number of benzene rings is 2. The first-order chi connectivity index (χ1) is 12.2. The van der Waals surface area contributed by atoms with Crippen LogP contribution in [0.5, 0.6) is 5.75 Å². The zero-order chi connectivity index (χ0) is 17.6. The van der Waals surface area contributed by atoms with Gasteiger partial charge in [-0.2, -0.15) is 0 Å². The number of ether oxygens (including phenoxy) is 1. The number of para-hydroxylation sites is 1. The minimum Gasteiger partial charge on any atom is -0.496 e. The van der Waals surface area contributed by atoms with Gasteiger partial charge >= 0.3 is 0 Å². The molecule has 0 aliphatic heterocycles. The third kappa shape index (κ3) is 3.97. The molecule has 0 saturated carbocycles. The standard InChI is InChI=1S/C19H19N3O2S/c1-3-20-19-22-16(12-25-19)13-8-10-14(11-9-13)21-18(23)15-6-4-5-7-17(15)24-2/h4-12H,3H2,1-2H3,(H,20,22)(H,21,23). The lowest BCUT2D eigenvalue weighted by molar-refractivity contribution is 0.102. The van der Waals surface area contributed by atoms with E-state index in [9.17, 15) is 4.79 Å². The topological polar surface area (TPSA) is 63.2 Å². The number of rotatable bonds is 6. The number of hydrogen-bond donors (Lipinski definition) is 2. The number of carbonyl (C=O) groups is 1. The number of nitrogens with zero attached hydrogens (tertiary/aromatic N) is 1. The van der Waals surface area contributed by atoms with Gasteiger partial charge in [-0.15, -0.1) is 11.3 Å². The average Bonchev–Trinajstić information content (AvgIpc) is 3.11. The molecule has 2 N–H and O–H groups in total. The molecule has 25 heavy (non-hydrogen) atoms. The lowest BCUT2D eigenvalue weighted by Gasteiger charge is -2.09. The minimum atomic E-state index is -0.201. The van der Waals surface area contributed by atoms with Crippen LogP contribution in [0.4, 0.5) is 10.8 Å². The summed E-state index contributed by atoms with van der Waals surface area (Å²) in [4.78, 5) is 16.9. The van der Waals surface area contributed by atoms with Gasteiger partial charge in [0, 0.05) is 23.2 Å². The average molecular weight is 353 g/mol. The van der Waals surface area contributed by atoms with E-state index in [-0.39, 0.29) is 5.91 Å². The highest BCUT2D eigenvalue weighted by molar-refractivity contribution is 7.14. The number of hydrogen-bond acceptors (Lipinski definition) is 5. The molecule has 0 aliphatic carbocycles. The van der Waals surface area contributed by atoms with Gasteiger partial charge in [-0.1, -0.05) is 24.3 Å². The van der Waals surface area contributed by atoms with E-state index in [0.717, 1.165) is 28.6 Å². The van der Waals surface area contributed by atoms with Crippen LogP contribution < -0.4 is 15.4 Å². The lowest BCUT2D eigenvalue weighted by Crippen LogP contribution is -2.12. The third-order valence-corrected chi connectivity index (χ3v) is 4.42. The molecule has 6 heteroatoms. The summed E-state index contributed by atoms with van der Waals surface area (Å²) in [5, 5.41) is 9.01. The van der Waals surface area contributed by atoms with Crippen molar-refractivity contribution < 1.29 is 9.53 Å². The van der Waals surface area contributed by atoms with Crippen molar-refractivity contribution in [2.45, 2.75) is 6.92 Å². The molecule has 0 aliphatic rings. The Morgan fingerprint density at radius 3 is 2.64 bits per heavy atom. The summed E-state index contributed by atoms with van der Waals surface area (Å²) < 4.78 is 5.23. The van der Waals surface area contributed by atoms with Crippen LogP contribution in [0, 0.1) is 0 Å². The summed E-state index contributed by atoms with van der Waals surface area (Å²) in [5.74, 6) is 0.350. The van der Waals surface area contributed by atoms with E-state index in [4.69, 9.17) is 4.74 Å². The van der Waals surface area contributed by atoms with E-state index in [2.05, 4.69) is 15.6 Å². The molecule has 0 radical (unpaired) electrons. The zero-order valence-electron chi connectivity index (χ0n) is 14.1. The molecular formula is C19H19N3O2S. The van der Waals surface area contributed by atoms with Crippen LogP contribution in [0.3, 0.4) is 0 Å². The van der Waals surface area contributed by atoms with Gasteiger partial charge in [-0.3, -0.25) is 4.79 Å². The minimum absolute atomic E-state index is 0.201. The second kappa shape index (κ2) is 7.81. The summed E-state index contributed by atoms with van der Waals surface area (Å²) in [6.45, 7) is 2.89. The summed E-state index contributed by atoms with van der Waals surface area (Å²) in [7, 11) is 1.55. The van der Waals surface area contributed by atoms with Crippen molar-refractivity contribution in [3.8, 4) is 17.0 Å². The van der Waals surface area contributed by atoms with Gasteiger partial charge in [0.05, 0.1) is 18.4 Å². The Kier molecular flexibility index (Phi) is 5.30. The third-order valence-electron chi connectivity index (χ3n) is 3.62. The van der Waals surface area contributed by atoms with Gasteiger partial charge in [-0.25, -0.2) is 4.98 Å². The highest BCUT2D eigenvalue weighted by Crippen LogP contribution is 2.26. The van der Waals surface area contributed by atoms with Crippen LogP contribution >= 0.6 is 11.3 Å². The van der Waals surface area contributed by atoms with Crippen LogP contribution in [0.25, 0.3) is 11.3 Å². The van der Waals surface area contributed by atoms with Gasteiger partial charge < -0.3 is 15.4 Å². The Labute approximate surface area is 150 Å². The molecular weight excluding hydrogens is 334 g/mol. The first-order valence-electron chi connectivity index (χ1n) is 7.95. The van der Waals surface area contributed by atoms with Crippen molar-refractivity contribution in [1.82, 2.24) is 4.98 Å². The van der Waals surface area contributed by atoms with Gasteiger partial charge in [0.25, 0.3) is 5.91 Å². The van der Waals surface area contributed by atoms with Gasteiger partial charge in [0.1, 0.15) is 5.75 Å². The Morgan fingerprint density at radius 2 is 1.92 bits per heavy atom. The van der Waals surface area contributed by atoms with E-state index in [1.165, 1.54) is 0 Å². The van der Waals surface area contributed by atoms with Crippen molar-refractivity contribution >= 4 is 28.1 Å². The Balaban J connectivity index is 1.73. The van der Waals surface area contributed by atoms with E-state index in [1.54, 1.807) is 30.6 Å². The fraction of sp³-hybridized carbons (Fsp3) is 0.158. The molecule has 1 aromatic heterocycles. The maximum absolute atomic E-state index is 12.4. The van der Waals surface area contributed by atoms with Crippen LogP contribution in [0.1, 0.15) is 17.3 Å². The number of aromatic nitrogens is 1. The van der Waals surface area contributed by atoms with E-state index in [0.29, 0.717) is 11.3 Å². The number of amides is 1. The highest BCUT2D eigenvalue weighted by Gasteiger charge is 2.12. The number of nitrogens with one attached hydrogen (secondary N) is 2. The normalized spacial score (nSPS) is 10.3. The van der Waals surface area contributed by atoms with Crippen molar-refractivity contribution in [2.24, 2.45) is 0 Å². The smallest absolute Gasteiger partial charge is 0.259 e. The van der Waals surface area contributed by atoms with Crippen LogP contribution in [-0.2, 0) is 0 Å². The number of anilines is 2. The van der Waals surface area contributed by atoms with E-state index in [1.807, 2.05) is 48.7 Å². The molecule has 5 nitrogen and oxygen atoms in total. The van der Waals surface area contributed by atoms with Crippen LogP contribution in [0.15, 0.2) is 53.9 Å². The van der Waals surface area contributed by atoms with Gasteiger partial charge in [0.15, 0.2) is 5.13 Å². The van der Waals surface area contributed by atoms with Crippen LogP contribution in [-0.4, -0.2) is 24.5 Å².